The van der Waals surface area contributed by atoms with E-state index in [0.717, 1.165) is 18.7 Å². The van der Waals surface area contributed by atoms with Crippen molar-refractivity contribution < 1.29 is 23.1 Å². The predicted molar refractivity (Wildman–Crippen MR) is 81.1 cm³/mol. The molecule has 120 valence electrons. The van der Waals surface area contributed by atoms with Crippen LogP contribution in [0, 0.1) is 11.6 Å². The summed E-state index contributed by atoms with van der Waals surface area (Å²) in [6.45, 7) is 0. The average Bonchev–Trinajstić information content (AvgIpc) is 2.55. The summed E-state index contributed by atoms with van der Waals surface area (Å²) in [6.07, 6.45) is 0.619. The van der Waals surface area contributed by atoms with Gasteiger partial charge in [0.25, 0.3) is 0 Å². The maximum Gasteiger partial charge on any atom is 0.340 e. The van der Waals surface area contributed by atoms with E-state index in [1.165, 1.54) is 0 Å². The number of amides is 1. The van der Waals surface area contributed by atoms with Gasteiger partial charge >= 0.3 is 5.97 Å². The monoisotopic (exact) mass is 319 g/mol. The van der Waals surface area contributed by atoms with Gasteiger partial charge in [0.05, 0.1) is 18.4 Å². The molecule has 0 fully saturated rings. The molecule has 2 aromatic carbocycles. The van der Waals surface area contributed by atoms with Crippen molar-refractivity contribution in [3.63, 3.8) is 0 Å². The fourth-order valence-electron chi connectivity index (χ4n) is 2.03. The molecule has 0 aliphatic carbocycles. The summed E-state index contributed by atoms with van der Waals surface area (Å²) >= 11 is 0. The smallest absolute Gasteiger partial charge is 0.340 e. The summed E-state index contributed by atoms with van der Waals surface area (Å²) < 4.78 is 31.6. The number of hydrogen-bond donors (Lipinski definition) is 1. The van der Waals surface area contributed by atoms with Gasteiger partial charge in [-0.05, 0) is 18.1 Å². The van der Waals surface area contributed by atoms with Gasteiger partial charge in [0.15, 0.2) is 0 Å². The first kappa shape index (κ1) is 16.6. The molecule has 0 heterocycles. The minimum absolute atomic E-state index is 0.133. The number of ether oxygens (including phenoxy) is 1. The van der Waals surface area contributed by atoms with Crippen molar-refractivity contribution in [3.8, 4) is 0 Å². The van der Waals surface area contributed by atoms with E-state index in [-0.39, 0.29) is 12.1 Å². The first-order valence-electron chi connectivity index (χ1n) is 6.92. The van der Waals surface area contributed by atoms with E-state index in [1.54, 1.807) is 0 Å². The molecule has 0 aliphatic heterocycles. The fourth-order valence-corrected chi connectivity index (χ4v) is 2.03. The Morgan fingerprint density at radius 2 is 1.78 bits per heavy atom. The Morgan fingerprint density at radius 3 is 2.43 bits per heavy atom. The Balaban J connectivity index is 2.07. The van der Waals surface area contributed by atoms with Crippen molar-refractivity contribution in [1.82, 2.24) is 0 Å². The number of esters is 1. The third-order valence-electron chi connectivity index (χ3n) is 3.22. The summed E-state index contributed by atoms with van der Waals surface area (Å²) in [5.41, 5.74) is 0.273. The van der Waals surface area contributed by atoms with Crippen LogP contribution in [0.3, 0.4) is 0 Å². The molecule has 0 saturated heterocycles. The van der Waals surface area contributed by atoms with Crippen LogP contribution >= 0.6 is 0 Å². The van der Waals surface area contributed by atoms with Gasteiger partial charge in [-0.1, -0.05) is 30.3 Å². The van der Waals surface area contributed by atoms with Crippen molar-refractivity contribution in [1.29, 1.82) is 0 Å². The van der Waals surface area contributed by atoms with E-state index in [0.29, 0.717) is 12.5 Å². The van der Waals surface area contributed by atoms with Gasteiger partial charge in [-0.15, -0.1) is 0 Å². The molecule has 23 heavy (non-hydrogen) atoms. The van der Waals surface area contributed by atoms with Crippen LogP contribution in [0.2, 0.25) is 0 Å². The lowest BCUT2D eigenvalue weighted by Gasteiger charge is -2.09. The van der Waals surface area contributed by atoms with Crippen LogP contribution in [-0.2, 0) is 16.0 Å². The highest BCUT2D eigenvalue weighted by molar-refractivity contribution is 5.94. The highest BCUT2D eigenvalue weighted by Gasteiger charge is 2.17. The molecule has 0 aromatic heterocycles. The van der Waals surface area contributed by atoms with Gasteiger partial charge in [-0.25, -0.2) is 13.6 Å². The molecule has 1 N–H and O–H groups in total. The van der Waals surface area contributed by atoms with Gasteiger partial charge in [0.2, 0.25) is 5.91 Å². The number of hydrogen-bond acceptors (Lipinski definition) is 3. The quantitative estimate of drug-likeness (QED) is 0.860. The van der Waals surface area contributed by atoms with Crippen LogP contribution < -0.4 is 5.32 Å². The summed E-state index contributed by atoms with van der Waals surface area (Å²) in [4.78, 5) is 23.3. The third kappa shape index (κ3) is 4.35. The number of carbonyl (C=O) groups excluding carboxylic acids is 2. The lowest BCUT2D eigenvalue weighted by molar-refractivity contribution is -0.116. The van der Waals surface area contributed by atoms with E-state index in [9.17, 15) is 18.4 Å². The molecular formula is C17H15F2NO3. The van der Waals surface area contributed by atoms with Gasteiger partial charge < -0.3 is 10.1 Å². The van der Waals surface area contributed by atoms with Crippen LogP contribution in [-0.4, -0.2) is 19.0 Å². The normalized spacial score (nSPS) is 10.2. The summed E-state index contributed by atoms with van der Waals surface area (Å²) in [7, 11) is 1.09. The SMILES string of the molecule is COC(=O)c1cc(NC(=O)CCc2ccccc2)c(F)cc1F. The Kier molecular flexibility index (Phi) is 5.41. The maximum atomic E-state index is 13.7. The molecule has 0 unspecified atom stereocenters. The first-order chi connectivity index (χ1) is 11.0. The predicted octanol–water partition coefficient (Wildman–Crippen LogP) is 3.32. The number of rotatable bonds is 5. The van der Waals surface area contributed by atoms with Crippen LogP contribution in [0.4, 0.5) is 14.5 Å². The van der Waals surface area contributed by atoms with E-state index in [1.807, 2.05) is 30.3 Å². The zero-order chi connectivity index (χ0) is 16.8. The van der Waals surface area contributed by atoms with Crippen molar-refractivity contribution in [3.05, 3.63) is 65.2 Å². The molecule has 1 amide bonds. The second-order valence-electron chi connectivity index (χ2n) is 4.84. The van der Waals surface area contributed by atoms with E-state index in [2.05, 4.69) is 10.1 Å². The zero-order valence-corrected chi connectivity index (χ0v) is 12.4. The number of anilines is 1. The Morgan fingerprint density at radius 1 is 1.09 bits per heavy atom. The molecule has 0 saturated carbocycles. The van der Waals surface area contributed by atoms with Gasteiger partial charge in [0, 0.05) is 12.5 Å². The highest BCUT2D eigenvalue weighted by atomic mass is 19.1. The summed E-state index contributed by atoms with van der Waals surface area (Å²) in [5.74, 6) is -3.38. The minimum Gasteiger partial charge on any atom is -0.465 e. The van der Waals surface area contributed by atoms with E-state index in [4.69, 9.17) is 0 Å². The van der Waals surface area contributed by atoms with Crippen LogP contribution in [0.5, 0.6) is 0 Å². The summed E-state index contributed by atoms with van der Waals surface area (Å²) in [5, 5.41) is 2.34. The minimum atomic E-state index is -1.04. The molecule has 2 aromatic rings. The van der Waals surface area contributed by atoms with Crippen molar-refractivity contribution in [2.45, 2.75) is 12.8 Å². The van der Waals surface area contributed by atoms with Gasteiger partial charge in [-0.3, -0.25) is 4.79 Å². The zero-order valence-electron chi connectivity index (χ0n) is 12.4. The molecular weight excluding hydrogens is 304 g/mol. The number of methoxy groups -OCH3 is 1. The highest BCUT2D eigenvalue weighted by Crippen LogP contribution is 2.20. The van der Waals surface area contributed by atoms with Crippen molar-refractivity contribution in [2.75, 3.05) is 12.4 Å². The molecule has 0 aliphatic rings. The molecule has 6 heteroatoms. The third-order valence-corrected chi connectivity index (χ3v) is 3.22. The topological polar surface area (TPSA) is 55.4 Å². The Labute approximate surface area is 132 Å². The molecule has 2 rings (SSSR count). The number of aryl methyl sites for hydroxylation is 1. The van der Waals surface area contributed by atoms with Crippen LogP contribution in [0.15, 0.2) is 42.5 Å². The molecule has 4 nitrogen and oxygen atoms in total. The second-order valence-corrected chi connectivity index (χ2v) is 4.84. The fraction of sp³-hybridized carbons (Fsp3) is 0.176. The molecule has 0 atom stereocenters. The molecule has 0 bridgehead atoms. The second kappa shape index (κ2) is 7.49. The largest absolute Gasteiger partial charge is 0.465 e. The number of benzene rings is 2. The van der Waals surface area contributed by atoms with Crippen molar-refractivity contribution >= 4 is 17.6 Å². The maximum absolute atomic E-state index is 13.7. The number of halogens is 2. The van der Waals surface area contributed by atoms with Gasteiger partial charge in [-0.2, -0.15) is 0 Å². The van der Waals surface area contributed by atoms with Crippen LogP contribution in [0.1, 0.15) is 22.3 Å². The first-order valence-corrected chi connectivity index (χ1v) is 6.92. The van der Waals surface area contributed by atoms with E-state index < -0.39 is 29.1 Å². The van der Waals surface area contributed by atoms with Crippen molar-refractivity contribution in [2.24, 2.45) is 0 Å². The molecule has 0 spiro atoms. The Bertz CT molecular complexity index is 717. The van der Waals surface area contributed by atoms with Gasteiger partial charge in [0.1, 0.15) is 11.6 Å². The summed E-state index contributed by atoms with van der Waals surface area (Å²) in [6, 6.07) is 10.8. The lowest BCUT2D eigenvalue weighted by Crippen LogP contribution is -2.15. The Hall–Kier alpha value is -2.76. The molecule has 0 radical (unpaired) electrons. The van der Waals surface area contributed by atoms with Crippen LogP contribution in [0.25, 0.3) is 0 Å². The lowest BCUT2D eigenvalue weighted by atomic mass is 10.1. The van der Waals surface area contributed by atoms with E-state index >= 15 is 0 Å². The average molecular weight is 319 g/mol. The number of nitrogens with one attached hydrogen (secondary N) is 1. The standard InChI is InChI=1S/C17H15F2NO3/c1-23-17(22)12-9-15(14(19)10-13(12)18)20-16(21)8-7-11-5-3-2-4-6-11/h2-6,9-10H,7-8H2,1H3,(H,20,21). The number of carbonyl (C=O) groups is 2.